The first-order valence-electron chi connectivity index (χ1n) is 8.42. The summed E-state index contributed by atoms with van der Waals surface area (Å²) < 4.78 is 0. The van der Waals surface area contributed by atoms with Crippen LogP contribution in [0.3, 0.4) is 0 Å². The van der Waals surface area contributed by atoms with Crippen LogP contribution in [-0.2, 0) is 6.54 Å². The van der Waals surface area contributed by atoms with Crippen molar-refractivity contribution in [2.45, 2.75) is 6.54 Å². The molecule has 0 atom stereocenters. The molecule has 0 spiro atoms. The minimum atomic E-state index is -0.296. The molecule has 1 heterocycles. The highest BCUT2D eigenvalue weighted by Crippen LogP contribution is 2.17. The molecule has 3 aromatic rings. The predicted molar refractivity (Wildman–Crippen MR) is 110 cm³/mol. The summed E-state index contributed by atoms with van der Waals surface area (Å²) in [7, 11) is 3.93. The van der Waals surface area contributed by atoms with Gasteiger partial charge in [-0.15, -0.1) is 0 Å². The predicted octanol–water partition coefficient (Wildman–Crippen LogP) is 4.06. The lowest BCUT2D eigenvalue weighted by atomic mass is 10.2. The molecular formula is C20H20ClN5O. The number of benzene rings is 2. The van der Waals surface area contributed by atoms with Gasteiger partial charge in [0.05, 0.1) is 0 Å². The number of hydrogen-bond acceptors (Lipinski definition) is 5. The first-order valence-corrected chi connectivity index (χ1v) is 8.80. The van der Waals surface area contributed by atoms with Gasteiger partial charge in [-0.3, -0.25) is 4.79 Å². The fourth-order valence-electron chi connectivity index (χ4n) is 2.42. The molecule has 0 unspecified atom stereocenters. The lowest BCUT2D eigenvalue weighted by Gasteiger charge is -2.13. The molecule has 1 amide bonds. The Hall–Kier alpha value is -3.12. The molecule has 0 radical (unpaired) electrons. The molecule has 0 aliphatic rings. The van der Waals surface area contributed by atoms with Gasteiger partial charge in [0, 0.05) is 43.2 Å². The third kappa shape index (κ3) is 4.95. The number of aromatic nitrogens is 2. The number of hydrogen-bond donors (Lipinski definition) is 2. The van der Waals surface area contributed by atoms with Crippen LogP contribution in [0.25, 0.3) is 0 Å². The van der Waals surface area contributed by atoms with Gasteiger partial charge in [0.1, 0.15) is 5.69 Å². The van der Waals surface area contributed by atoms with Crippen molar-refractivity contribution in [3.05, 3.63) is 77.1 Å². The van der Waals surface area contributed by atoms with Gasteiger partial charge in [-0.05, 0) is 42.0 Å². The van der Waals surface area contributed by atoms with E-state index in [1.54, 1.807) is 12.3 Å². The molecule has 1 aromatic heterocycles. The van der Waals surface area contributed by atoms with E-state index < -0.39 is 0 Å². The summed E-state index contributed by atoms with van der Waals surface area (Å²) in [6.07, 6.45) is 1.55. The second kappa shape index (κ2) is 8.51. The topological polar surface area (TPSA) is 70.2 Å². The number of nitrogens with zero attached hydrogens (tertiary/aromatic N) is 3. The molecule has 0 saturated heterocycles. The largest absolute Gasteiger partial charge is 0.378 e. The minimum absolute atomic E-state index is 0.281. The van der Waals surface area contributed by atoms with E-state index in [0.717, 1.165) is 11.3 Å². The summed E-state index contributed by atoms with van der Waals surface area (Å²) in [5.74, 6) is 0.0707. The van der Waals surface area contributed by atoms with Gasteiger partial charge in [0.15, 0.2) is 0 Å². The minimum Gasteiger partial charge on any atom is -0.378 e. The van der Waals surface area contributed by atoms with Crippen molar-refractivity contribution in [1.29, 1.82) is 0 Å². The Labute approximate surface area is 163 Å². The zero-order valence-electron chi connectivity index (χ0n) is 15.1. The van der Waals surface area contributed by atoms with Gasteiger partial charge in [0.25, 0.3) is 5.91 Å². The van der Waals surface area contributed by atoms with E-state index in [-0.39, 0.29) is 11.6 Å². The van der Waals surface area contributed by atoms with Crippen molar-refractivity contribution < 1.29 is 4.79 Å². The average molecular weight is 382 g/mol. The van der Waals surface area contributed by atoms with Gasteiger partial charge in [-0.25, -0.2) is 9.97 Å². The van der Waals surface area contributed by atoms with E-state index in [1.165, 1.54) is 0 Å². The van der Waals surface area contributed by atoms with Crippen LogP contribution in [0.2, 0.25) is 5.02 Å². The number of rotatable bonds is 6. The van der Waals surface area contributed by atoms with Gasteiger partial charge in [-0.2, -0.15) is 0 Å². The van der Waals surface area contributed by atoms with E-state index in [2.05, 4.69) is 20.6 Å². The maximum atomic E-state index is 12.5. The highest BCUT2D eigenvalue weighted by Gasteiger charge is 2.10. The molecule has 3 rings (SSSR count). The number of anilines is 3. The van der Waals surface area contributed by atoms with Crippen LogP contribution in [0.5, 0.6) is 0 Å². The summed E-state index contributed by atoms with van der Waals surface area (Å²) >= 11 is 6.15. The fourth-order valence-corrected chi connectivity index (χ4v) is 2.63. The molecular weight excluding hydrogens is 362 g/mol. The number of carbonyl (C=O) groups is 1. The summed E-state index contributed by atoms with van der Waals surface area (Å²) in [6.45, 7) is 0.469. The van der Waals surface area contributed by atoms with E-state index in [9.17, 15) is 4.79 Å². The Morgan fingerprint density at radius 2 is 1.81 bits per heavy atom. The first-order chi connectivity index (χ1) is 13.0. The van der Waals surface area contributed by atoms with Crippen LogP contribution in [0.15, 0.2) is 60.8 Å². The average Bonchev–Trinajstić information content (AvgIpc) is 2.68. The van der Waals surface area contributed by atoms with E-state index in [1.807, 2.05) is 67.5 Å². The van der Waals surface area contributed by atoms with Crippen LogP contribution in [-0.4, -0.2) is 30.0 Å². The Balaban J connectivity index is 1.65. The lowest BCUT2D eigenvalue weighted by Crippen LogP contribution is -2.15. The molecule has 0 aliphatic heterocycles. The fraction of sp³-hybridized carbons (Fsp3) is 0.150. The Kier molecular flexibility index (Phi) is 5.88. The molecule has 6 nitrogen and oxygen atoms in total. The molecule has 0 bridgehead atoms. The molecule has 2 N–H and O–H groups in total. The molecule has 0 aliphatic carbocycles. The third-order valence-electron chi connectivity index (χ3n) is 3.92. The first kappa shape index (κ1) is 18.7. The second-order valence-electron chi connectivity index (χ2n) is 6.11. The zero-order chi connectivity index (χ0) is 19.2. The molecule has 27 heavy (non-hydrogen) atoms. The molecule has 0 saturated carbocycles. The Bertz CT molecular complexity index is 928. The van der Waals surface area contributed by atoms with Crippen LogP contribution >= 0.6 is 11.6 Å². The summed E-state index contributed by atoms with van der Waals surface area (Å²) in [6, 6.07) is 16.7. The number of nitrogens with one attached hydrogen (secondary N) is 2. The maximum Gasteiger partial charge on any atom is 0.274 e. The van der Waals surface area contributed by atoms with Gasteiger partial charge in [0.2, 0.25) is 5.95 Å². The van der Waals surface area contributed by atoms with Crippen molar-refractivity contribution in [2.75, 3.05) is 29.6 Å². The lowest BCUT2D eigenvalue weighted by molar-refractivity contribution is 0.102. The molecule has 138 valence electrons. The standard InChI is InChI=1S/C20H20ClN5O/c1-26(2)16-9-7-15(8-10-16)24-19(27)18-11-12-22-20(25-18)23-13-14-5-3-4-6-17(14)21/h3-12H,13H2,1-2H3,(H,24,27)(H,22,23,25). The highest BCUT2D eigenvalue weighted by molar-refractivity contribution is 6.31. The van der Waals surface area contributed by atoms with Gasteiger partial charge >= 0.3 is 0 Å². The normalized spacial score (nSPS) is 10.3. The number of halogens is 1. The smallest absolute Gasteiger partial charge is 0.274 e. The summed E-state index contributed by atoms with van der Waals surface area (Å²) in [5, 5.41) is 6.59. The quantitative estimate of drug-likeness (QED) is 0.673. The van der Waals surface area contributed by atoms with Gasteiger partial charge in [-0.1, -0.05) is 29.8 Å². The van der Waals surface area contributed by atoms with Crippen molar-refractivity contribution in [1.82, 2.24) is 9.97 Å². The van der Waals surface area contributed by atoms with Crippen molar-refractivity contribution in [3.8, 4) is 0 Å². The molecule has 7 heteroatoms. The van der Waals surface area contributed by atoms with Gasteiger partial charge < -0.3 is 15.5 Å². The number of amides is 1. The maximum absolute atomic E-state index is 12.5. The van der Waals surface area contributed by atoms with E-state index in [4.69, 9.17) is 11.6 Å². The SMILES string of the molecule is CN(C)c1ccc(NC(=O)c2ccnc(NCc3ccccc3Cl)n2)cc1. The van der Waals surface area contributed by atoms with Crippen LogP contribution < -0.4 is 15.5 Å². The zero-order valence-corrected chi connectivity index (χ0v) is 15.9. The van der Waals surface area contributed by atoms with Crippen LogP contribution in [0, 0.1) is 0 Å². The van der Waals surface area contributed by atoms with E-state index in [0.29, 0.717) is 23.2 Å². The number of carbonyl (C=O) groups excluding carboxylic acids is 1. The molecule has 0 fully saturated rings. The van der Waals surface area contributed by atoms with Crippen molar-refractivity contribution in [2.24, 2.45) is 0 Å². The monoisotopic (exact) mass is 381 g/mol. The second-order valence-corrected chi connectivity index (χ2v) is 6.51. The Morgan fingerprint density at radius 1 is 1.07 bits per heavy atom. The van der Waals surface area contributed by atoms with Crippen LogP contribution in [0.1, 0.15) is 16.1 Å². The van der Waals surface area contributed by atoms with Crippen molar-refractivity contribution >= 4 is 34.8 Å². The van der Waals surface area contributed by atoms with E-state index >= 15 is 0 Å². The Morgan fingerprint density at radius 3 is 2.52 bits per heavy atom. The van der Waals surface area contributed by atoms with Crippen molar-refractivity contribution in [3.63, 3.8) is 0 Å². The summed E-state index contributed by atoms with van der Waals surface area (Å²) in [4.78, 5) is 22.9. The third-order valence-corrected chi connectivity index (χ3v) is 4.29. The van der Waals surface area contributed by atoms with Crippen LogP contribution in [0.4, 0.5) is 17.3 Å². The molecule has 2 aromatic carbocycles. The highest BCUT2D eigenvalue weighted by atomic mass is 35.5. The summed E-state index contributed by atoms with van der Waals surface area (Å²) in [5.41, 5.74) is 2.97.